The fourth-order valence-electron chi connectivity index (χ4n) is 1.51. The zero-order chi connectivity index (χ0) is 13.0. The van der Waals surface area contributed by atoms with Gasteiger partial charge < -0.3 is 0 Å². The number of benzene rings is 1. The second kappa shape index (κ2) is 6.46. The number of pyridine rings is 1. The highest BCUT2D eigenvalue weighted by Gasteiger charge is 2.02. The number of thioether (sulfide) groups is 1. The molecule has 0 bridgehead atoms. The number of nitrogens with zero attached hydrogens (tertiary/aromatic N) is 1. The Kier molecular flexibility index (Phi) is 4.93. The second-order valence-electron chi connectivity index (χ2n) is 3.98. The van der Waals surface area contributed by atoms with E-state index in [9.17, 15) is 0 Å². The summed E-state index contributed by atoms with van der Waals surface area (Å²) < 4.78 is 0. The number of halogens is 2. The maximum atomic E-state index is 6.11. The van der Waals surface area contributed by atoms with E-state index >= 15 is 0 Å². The van der Waals surface area contributed by atoms with Crippen molar-refractivity contribution in [2.75, 3.05) is 5.75 Å². The van der Waals surface area contributed by atoms with Crippen molar-refractivity contribution < 1.29 is 0 Å². The molecule has 18 heavy (non-hydrogen) atoms. The van der Waals surface area contributed by atoms with Gasteiger partial charge in [-0.3, -0.25) is 4.98 Å². The van der Waals surface area contributed by atoms with Crippen molar-refractivity contribution in [1.82, 2.24) is 4.98 Å². The smallest absolute Gasteiger partial charge is 0.0542 e. The fourth-order valence-corrected chi connectivity index (χ4v) is 3.00. The van der Waals surface area contributed by atoms with Gasteiger partial charge in [0.05, 0.1) is 5.02 Å². The molecule has 0 unspecified atom stereocenters. The third-order valence-corrected chi connectivity index (χ3v) is 4.25. The van der Waals surface area contributed by atoms with Gasteiger partial charge >= 0.3 is 0 Å². The van der Waals surface area contributed by atoms with Gasteiger partial charge in [-0.2, -0.15) is 0 Å². The van der Waals surface area contributed by atoms with Crippen molar-refractivity contribution in [2.45, 2.75) is 18.2 Å². The van der Waals surface area contributed by atoms with Gasteiger partial charge in [0.1, 0.15) is 0 Å². The Morgan fingerprint density at radius 1 is 1.17 bits per heavy atom. The van der Waals surface area contributed by atoms with Crippen LogP contribution in [0.3, 0.4) is 0 Å². The minimum atomic E-state index is 0.721. The molecule has 0 amide bonds. The van der Waals surface area contributed by atoms with Gasteiger partial charge in [-0.1, -0.05) is 29.3 Å². The van der Waals surface area contributed by atoms with Crippen molar-refractivity contribution in [1.29, 1.82) is 0 Å². The van der Waals surface area contributed by atoms with E-state index in [1.807, 2.05) is 31.3 Å². The van der Waals surface area contributed by atoms with Crippen molar-refractivity contribution >= 4 is 35.0 Å². The Hall–Kier alpha value is -0.700. The van der Waals surface area contributed by atoms with E-state index < -0.39 is 0 Å². The zero-order valence-corrected chi connectivity index (χ0v) is 12.3. The van der Waals surface area contributed by atoms with Crippen LogP contribution in [-0.2, 0) is 6.42 Å². The van der Waals surface area contributed by atoms with Crippen molar-refractivity contribution in [3.05, 3.63) is 57.8 Å². The summed E-state index contributed by atoms with van der Waals surface area (Å²) in [7, 11) is 0. The van der Waals surface area contributed by atoms with Crippen LogP contribution in [0.1, 0.15) is 11.3 Å². The quantitative estimate of drug-likeness (QED) is 0.734. The highest BCUT2D eigenvalue weighted by atomic mass is 35.5. The molecule has 1 aromatic heterocycles. The van der Waals surface area contributed by atoms with Crippen LogP contribution >= 0.6 is 35.0 Å². The van der Waals surface area contributed by atoms with E-state index in [1.165, 1.54) is 5.56 Å². The summed E-state index contributed by atoms with van der Waals surface area (Å²) in [5.41, 5.74) is 2.29. The van der Waals surface area contributed by atoms with E-state index in [4.69, 9.17) is 23.2 Å². The van der Waals surface area contributed by atoms with Gasteiger partial charge in [-0.05, 0) is 43.2 Å². The van der Waals surface area contributed by atoms with Gasteiger partial charge in [0.15, 0.2) is 0 Å². The number of aromatic nitrogens is 1. The minimum Gasteiger partial charge on any atom is -0.261 e. The predicted molar refractivity (Wildman–Crippen MR) is 79.9 cm³/mol. The molecule has 1 aromatic carbocycles. The van der Waals surface area contributed by atoms with Crippen LogP contribution < -0.4 is 0 Å². The average molecular weight is 298 g/mol. The van der Waals surface area contributed by atoms with E-state index in [0.29, 0.717) is 0 Å². The largest absolute Gasteiger partial charge is 0.261 e. The maximum absolute atomic E-state index is 6.11. The molecule has 94 valence electrons. The SMILES string of the molecule is Cc1ccc(CCSc2cc(Cl)ccc2Cl)cn1. The maximum Gasteiger partial charge on any atom is 0.0542 e. The predicted octanol–water partition coefficient (Wildman–Crippen LogP) is 5.03. The summed E-state index contributed by atoms with van der Waals surface area (Å²) in [6, 6.07) is 9.69. The lowest BCUT2D eigenvalue weighted by molar-refractivity contribution is 1.09. The van der Waals surface area contributed by atoms with E-state index in [2.05, 4.69) is 11.1 Å². The molecule has 1 heterocycles. The molecule has 0 fully saturated rings. The highest BCUT2D eigenvalue weighted by molar-refractivity contribution is 7.99. The summed E-state index contributed by atoms with van der Waals surface area (Å²) in [5.74, 6) is 0.963. The van der Waals surface area contributed by atoms with Gasteiger partial charge in [-0.25, -0.2) is 0 Å². The normalized spacial score (nSPS) is 10.6. The molecule has 1 nitrogen and oxygen atoms in total. The van der Waals surface area contributed by atoms with Crippen LogP contribution in [-0.4, -0.2) is 10.7 Å². The molecular formula is C14H13Cl2NS. The first-order valence-corrected chi connectivity index (χ1v) is 7.39. The highest BCUT2D eigenvalue weighted by Crippen LogP contribution is 2.30. The average Bonchev–Trinajstić information content (AvgIpc) is 2.36. The topological polar surface area (TPSA) is 12.9 Å². The molecule has 0 spiro atoms. The molecule has 0 aliphatic heterocycles. The molecule has 2 aromatic rings. The fraction of sp³-hybridized carbons (Fsp3) is 0.214. The van der Waals surface area contributed by atoms with Gasteiger partial charge in [-0.15, -0.1) is 11.8 Å². The number of rotatable bonds is 4. The van der Waals surface area contributed by atoms with E-state index in [-0.39, 0.29) is 0 Å². The standard InChI is InChI=1S/C14H13Cl2NS/c1-10-2-3-11(9-17-10)6-7-18-14-8-12(15)4-5-13(14)16/h2-5,8-9H,6-7H2,1H3. The summed E-state index contributed by atoms with van der Waals surface area (Å²) >= 11 is 13.8. The number of hydrogen-bond acceptors (Lipinski definition) is 2. The van der Waals surface area contributed by atoms with Crippen molar-refractivity contribution in [3.8, 4) is 0 Å². The summed E-state index contributed by atoms with van der Waals surface area (Å²) in [6.07, 6.45) is 2.90. The monoisotopic (exact) mass is 297 g/mol. The Morgan fingerprint density at radius 2 is 2.00 bits per heavy atom. The van der Waals surface area contributed by atoms with Crippen LogP contribution in [0.4, 0.5) is 0 Å². The van der Waals surface area contributed by atoms with Crippen LogP contribution in [0.5, 0.6) is 0 Å². The van der Waals surface area contributed by atoms with E-state index in [1.54, 1.807) is 17.8 Å². The van der Waals surface area contributed by atoms with Crippen molar-refractivity contribution in [2.24, 2.45) is 0 Å². The third-order valence-electron chi connectivity index (χ3n) is 2.51. The first-order chi connectivity index (χ1) is 8.65. The molecule has 0 atom stereocenters. The van der Waals surface area contributed by atoms with Crippen LogP contribution in [0, 0.1) is 6.92 Å². The molecular weight excluding hydrogens is 285 g/mol. The molecule has 4 heteroatoms. The Labute approximate surface area is 122 Å². The molecule has 0 saturated heterocycles. The van der Waals surface area contributed by atoms with Gasteiger partial charge in [0, 0.05) is 27.6 Å². The third kappa shape index (κ3) is 3.91. The minimum absolute atomic E-state index is 0.721. The lowest BCUT2D eigenvalue weighted by atomic mass is 10.2. The van der Waals surface area contributed by atoms with Crippen LogP contribution in [0.15, 0.2) is 41.4 Å². The first-order valence-electron chi connectivity index (χ1n) is 5.64. The molecule has 0 saturated carbocycles. The molecule has 0 radical (unpaired) electrons. The molecule has 2 rings (SSSR count). The van der Waals surface area contributed by atoms with Gasteiger partial charge in [0.25, 0.3) is 0 Å². The number of hydrogen-bond donors (Lipinski definition) is 0. The Bertz CT molecular complexity index is 526. The molecule has 0 aliphatic carbocycles. The van der Waals surface area contributed by atoms with Crippen molar-refractivity contribution in [3.63, 3.8) is 0 Å². The van der Waals surface area contributed by atoms with Crippen LogP contribution in [0.2, 0.25) is 10.0 Å². The Morgan fingerprint density at radius 3 is 2.72 bits per heavy atom. The molecule has 0 N–H and O–H groups in total. The second-order valence-corrected chi connectivity index (χ2v) is 5.96. The summed E-state index contributed by atoms with van der Waals surface area (Å²) in [4.78, 5) is 5.31. The first kappa shape index (κ1) is 13.7. The van der Waals surface area contributed by atoms with E-state index in [0.717, 1.165) is 32.8 Å². The van der Waals surface area contributed by atoms with Gasteiger partial charge in [0.2, 0.25) is 0 Å². The van der Waals surface area contributed by atoms with Crippen LogP contribution in [0.25, 0.3) is 0 Å². The summed E-state index contributed by atoms with van der Waals surface area (Å²) in [6.45, 7) is 1.99. The zero-order valence-electron chi connectivity index (χ0n) is 9.99. The molecule has 0 aliphatic rings. The summed E-state index contributed by atoms with van der Waals surface area (Å²) in [5, 5.41) is 1.48. The Balaban J connectivity index is 1.92. The number of aryl methyl sites for hydroxylation is 2. The lowest BCUT2D eigenvalue weighted by Crippen LogP contribution is -1.91. The lowest BCUT2D eigenvalue weighted by Gasteiger charge is -2.05.